The average molecular weight is 473 g/mol. The van der Waals surface area contributed by atoms with E-state index in [-0.39, 0.29) is 24.0 Å². The molecule has 3 aromatic heterocycles. The Balaban J connectivity index is 1.26. The van der Waals surface area contributed by atoms with Crippen LogP contribution in [0.3, 0.4) is 0 Å². The number of hydrogen-bond donors (Lipinski definition) is 2. The molecule has 4 heterocycles. The van der Waals surface area contributed by atoms with Crippen molar-refractivity contribution in [1.82, 2.24) is 20.2 Å². The maximum atomic E-state index is 13.0. The Morgan fingerprint density at radius 1 is 1.28 bits per heavy atom. The van der Waals surface area contributed by atoms with Crippen LogP contribution in [0.2, 0.25) is 5.02 Å². The molecule has 32 heavy (non-hydrogen) atoms. The highest BCUT2D eigenvalue weighted by Gasteiger charge is 2.31. The van der Waals surface area contributed by atoms with Gasteiger partial charge in [-0.1, -0.05) is 11.6 Å². The van der Waals surface area contributed by atoms with Crippen LogP contribution in [0.4, 0.5) is 0 Å². The topological polar surface area (TPSA) is 85.2 Å². The first-order valence-electron chi connectivity index (χ1n) is 11.0. The Morgan fingerprint density at radius 3 is 2.94 bits per heavy atom. The van der Waals surface area contributed by atoms with Gasteiger partial charge in [-0.15, -0.1) is 11.3 Å². The summed E-state index contributed by atoms with van der Waals surface area (Å²) in [5.41, 5.74) is 1.83. The van der Waals surface area contributed by atoms with Crippen molar-refractivity contribution in [1.29, 1.82) is 0 Å². The predicted molar refractivity (Wildman–Crippen MR) is 124 cm³/mol. The molecular weight excluding hydrogens is 448 g/mol. The van der Waals surface area contributed by atoms with E-state index in [0.29, 0.717) is 22.9 Å². The summed E-state index contributed by atoms with van der Waals surface area (Å²) < 4.78 is 7.76. The summed E-state index contributed by atoms with van der Waals surface area (Å²) in [4.78, 5) is 31.6. The SMILES string of the molecule is O=C(N[C@@H](C[C@@H]1CCCO1)C(=O)NC1CC1)c1ccc(Cn2ccc3ncc(Cl)cc32)s1. The molecule has 7 nitrogen and oxygen atoms in total. The number of amides is 2. The van der Waals surface area contributed by atoms with Crippen molar-refractivity contribution in [3.05, 3.63) is 51.4 Å². The molecule has 0 spiro atoms. The summed E-state index contributed by atoms with van der Waals surface area (Å²) in [5.74, 6) is -0.339. The normalized spacial score (nSPS) is 19.2. The smallest absolute Gasteiger partial charge is 0.262 e. The number of carbonyl (C=O) groups excluding carboxylic acids is 2. The van der Waals surface area contributed by atoms with Gasteiger partial charge in [-0.2, -0.15) is 0 Å². The molecule has 1 aliphatic carbocycles. The van der Waals surface area contributed by atoms with Gasteiger partial charge < -0.3 is 19.9 Å². The summed E-state index contributed by atoms with van der Waals surface area (Å²) in [6.45, 7) is 1.34. The highest BCUT2D eigenvalue weighted by molar-refractivity contribution is 7.14. The van der Waals surface area contributed by atoms with Crippen molar-refractivity contribution in [3.63, 3.8) is 0 Å². The number of aromatic nitrogens is 2. The van der Waals surface area contributed by atoms with Crippen molar-refractivity contribution in [2.45, 2.75) is 56.8 Å². The fourth-order valence-corrected chi connectivity index (χ4v) is 5.07. The maximum absolute atomic E-state index is 13.0. The molecule has 1 saturated carbocycles. The van der Waals surface area contributed by atoms with Crippen molar-refractivity contribution in [2.75, 3.05) is 6.61 Å². The van der Waals surface area contributed by atoms with Crippen LogP contribution in [-0.2, 0) is 16.1 Å². The molecule has 9 heteroatoms. The van der Waals surface area contributed by atoms with Crippen LogP contribution >= 0.6 is 22.9 Å². The number of nitrogens with one attached hydrogen (secondary N) is 2. The number of fused-ring (bicyclic) bond motifs is 1. The Labute approximate surface area is 195 Å². The van der Waals surface area contributed by atoms with Crippen LogP contribution in [-0.4, -0.2) is 46.2 Å². The molecule has 2 fully saturated rings. The average Bonchev–Trinajstić information content (AvgIpc) is 3.16. The third-order valence-corrected chi connectivity index (χ3v) is 7.14. The maximum Gasteiger partial charge on any atom is 0.262 e. The van der Waals surface area contributed by atoms with Crippen LogP contribution in [0, 0.1) is 0 Å². The minimum atomic E-state index is -0.585. The first-order chi connectivity index (χ1) is 15.5. The Hall–Kier alpha value is -2.42. The minimum absolute atomic E-state index is 0.0200. The highest BCUT2D eigenvalue weighted by Crippen LogP contribution is 2.24. The second-order valence-corrected chi connectivity index (χ2v) is 10.1. The Morgan fingerprint density at radius 2 is 2.16 bits per heavy atom. The third kappa shape index (κ3) is 4.98. The lowest BCUT2D eigenvalue weighted by Crippen LogP contribution is -2.48. The van der Waals surface area contributed by atoms with Gasteiger partial charge in [0.05, 0.1) is 33.6 Å². The second-order valence-electron chi connectivity index (χ2n) is 8.45. The van der Waals surface area contributed by atoms with Gasteiger partial charge in [0.15, 0.2) is 0 Å². The number of rotatable bonds is 8. The zero-order valence-electron chi connectivity index (χ0n) is 17.6. The van der Waals surface area contributed by atoms with E-state index in [0.717, 1.165) is 48.2 Å². The molecule has 168 valence electrons. The Kier molecular flexibility index (Phi) is 6.17. The molecule has 0 bridgehead atoms. The molecule has 2 N–H and O–H groups in total. The lowest BCUT2D eigenvalue weighted by molar-refractivity contribution is -0.124. The summed E-state index contributed by atoms with van der Waals surface area (Å²) >= 11 is 7.52. The van der Waals surface area contributed by atoms with Gasteiger partial charge in [0.1, 0.15) is 6.04 Å². The van der Waals surface area contributed by atoms with E-state index in [2.05, 4.69) is 20.2 Å². The first-order valence-corrected chi connectivity index (χ1v) is 12.2. The van der Waals surface area contributed by atoms with Crippen molar-refractivity contribution >= 4 is 45.8 Å². The Bertz CT molecular complexity index is 1130. The van der Waals surface area contributed by atoms with Gasteiger partial charge in [-0.25, -0.2) is 0 Å². The first kappa shape index (κ1) is 21.4. The number of nitrogens with zero attached hydrogens (tertiary/aromatic N) is 2. The summed E-state index contributed by atoms with van der Waals surface area (Å²) in [6, 6.07) is 7.26. The predicted octanol–water partition coefficient (Wildman–Crippen LogP) is 3.75. The monoisotopic (exact) mass is 472 g/mol. The van der Waals surface area contributed by atoms with Gasteiger partial charge >= 0.3 is 0 Å². The van der Waals surface area contributed by atoms with Crippen LogP contribution in [0.25, 0.3) is 11.0 Å². The fraction of sp³-hybridized carbons (Fsp3) is 0.435. The molecule has 0 aromatic carbocycles. The van der Waals surface area contributed by atoms with Crippen LogP contribution < -0.4 is 10.6 Å². The number of hydrogen-bond acceptors (Lipinski definition) is 5. The second kappa shape index (κ2) is 9.21. The molecule has 1 saturated heterocycles. The number of carbonyl (C=O) groups is 2. The van der Waals surface area contributed by atoms with E-state index in [1.54, 1.807) is 6.20 Å². The van der Waals surface area contributed by atoms with Gasteiger partial charge in [-0.05, 0) is 49.9 Å². The lowest BCUT2D eigenvalue weighted by Gasteiger charge is -2.21. The molecule has 2 amide bonds. The van der Waals surface area contributed by atoms with E-state index in [1.165, 1.54) is 11.3 Å². The van der Waals surface area contributed by atoms with Gasteiger partial charge in [0.25, 0.3) is 5.91 Å². The molecule has 2 atom stereocenters. The van der Waals surface area contributed by atoms with Gasteiger partial charge in [-0.3, -0.25) is 14.6 Å². The van der Waals surface area contributed by atoms with Crippen molar-refractivity contribution in [2.24, 2.45) is 0 Å². The van der Waals surface area contributed by atoms with E-state index in [4.69, 9.17) is 16.3 Å². The quantitative estimate of drug-likeness (QED) is 0.523. The third-order valence-electron chi connectivity index (χ3n) is 5.87. The van der Waals surface area contributed by atoms with E-state index >= 15 is 0 Å². The molecule has 0 radical (unpaired) electrons. The zero-order chi connectivity index (χ0) is 22.1. The molecule has 2 aliphatic rings. The molecular formula is C23H25ClN4O3S. The van der Waals surface area contributed by atoms with Crippen molar-refractivity contribution in [3.8, 4) is 0 Å². The molecule has 0 unspecified atom stereocenters. The molecule has 5 rings (SSSR count). The van der Waals surface area contributed by atoms with Crippen LogP contribution in [0.5, 0.6) is 0 Å². The fourth-order valence-electron chi connectivity index (χ4n) is 4.01. The van der Waals surface area contributed by atoms with Crippen molar-refractivity contribution < 1.29 is 14.3 Å². The summed E-state index contributed by atoms with van der Waals surface area (Å²) in [5, 5.41) is 6.55. The molecule has 1 aliphatic heterocycles. The number of thiophene rings is 1. The van der Waals surface area contributed by atoms with Crippen LogP contribution in [0.15, 0.2) is 36.7 Å². The van der Waals surface area contributed by atoms with Crippen LogP contribution in [0.1, 0.15) is 46.7 Å². The summed E-state index contributed by atoms with van der Waals surface area (Å²) in [7, 11) is 0. The molecule has 3 aromatic rings. The number of pyridine rings is 1. The highest BCUT2D eigenvalue weighted by atomic mass is 35.5. The minimum Gasteiger partial charge on any atom is -0.378 e. The number of ether oxygens (including phenoxy) is 1. The largest absolute Gasteiger partial charge is 0.378 e. The number of halogens is 1. The van der Waals surface area contributed by atoms with E-state index < -0.39 is 6.04 Å². The van der Waals surface area contributed by atoms with E-state index in [9.17, 15) is 9.59 Å². The van der Waals surface area contributed by atoms with E-state index in [1.807, 2.05) is 30.5 Å². The van der Waals surface area contributed by atoms with Gasteiger partial charge in [0.2, 0.25) is 5.91 Å². The lowest BCUT2D eigenvalue weighted by atomic mass is 10.1. The standard InChI is InChI=1S/C23H25ClN4O3S/c24-14-10-20-18(25-12-14)7-8-28(20)13-17-5-6-21(32-17)23(30)27-19(11-16-2-1-9-31-16)22(29)26-15-3-4-15/h5-8,10,12,15-16,19H,1-4,9,11,13H2,(H,26,29)(H,27,30)/t16-,19-/m0/s1. The summed E-state index contributed by atoms with van der Waals surface area (Å²) in [6.07, 6.45) is 8.07. The zero-order valence-corrected chi connectivity index (χ0v) is 19.1. The van der Waals surface area contributed by atoms with Gasteiger partial charge in [0, 0.05) is 36.3 Å².